The summed E-state index contributed by atoms with van der Waals surface area (Å²) in [7, 11) is 0. The SMILES string of the molecule is C[C@@H](O)CN(CCC(N)=O)CCC(N)=O. The number of nitrogens with zero attached hydrogens (tertiary/aromatic N) is 1. The number of hydrogen-bond donors (Lipinski definition) is 3. The van der Waals surface area contributed by atoms with E-state index in [9.17, 15) is 14.7 Å². The first-order valence-corrected chi connectivity index (χ1v) is 4.89. The Morgan fingerprint density at radius 2 is 1.60 bits per heavy atom. The van der Waals surface area contributed by atoms with Crippen LogP contribution in [0.1, 0.15) is 19.8 Å². The largest absolute Gasteiger partial charge is 0.392 e. The number of nitrogens with two attached hydrogens (primary N) is 2. The summed E-state index contributed by atoms with van der Waals surface area (Å²) in [5.41, 5.74) is 10.0. The van der Waals surface area contributed by atoms with Gasteiger partial charge in [-0.2, -0.15) is 0 Å². The van der Waals surface area contributed by atoms with Gasteiger partial charge in [0.05, 0.1) is 6.10 Å². The van der Waals surface area contributed by atoms with E-state index in [2.05, 4.69) is 0 Å². The van der Waals surface area contributed by atoms with E-state index >= 15 is 0 Å². The van der Waals surface area contributed by atoms with E-state index in [-0.39, 0.29) is 12.8 Å². The zero-order valence-corrected chi connectivity index (χ0v) is 8.98. The molecule has 0 aromatic rings. The molecule has 2 amide bonds. The third-order valence-corrected chi connectivity index (χ3v) is 1.87. The lowest BCUT2D eigenvalue weighted by Gasteiger charge is -2.22. The van der Waals surface area contributed by atoms with Crippen LogP contribution in [0.3, 0.4) is 0 Å². The minimum atomic E-state index is -0.509. The summed E-state index contributed by atoms with van der Waals surface area (Å²) in [6.45, 7) is 2.92. The van der Waals surface area contributed by atoms with E-state index in [0.717, 1.165) is 0 Å². The Morgan fingerprint density at radius 1 is 1.20 bits per heavy atom. The summed E-state index contributed by atoms with van der Waals surface area (Å²) in [4.78, 5) is 22.9. The van der Waals surface area contributed by atoms with Crippen LogP contribution < -0.4 is 11.5 Å². The highest BCUT2D eigenvalue weighted by atomic mass is 16.3. The average molecular weight is 217 g/mol. The average Bonchev–Trinajstić information content (AvgIpc) is 2.08. The lowest BCUT2D eigenvalue weighted by molar-refractivity contribution is -0.118. The molecule has 0 aliphatic heterocycles. The van der Waals surface area contributed by atoms with Crippen molar-refractivity contribution in [1.29, 1.82) is 0 Å². The van der Waals surface area contributed by atoms with Gasteiger partial charge in [-0.25, -0.2) is 0 Å². The van der Waals surface area contributed by atoms with Gasteiger partial charge in [-0.15, -0.1) is 0 Å². The highest BCUT2D eigenvalue weighted by molar-refractivity contribution is 5.74. The first-order valence-electron chi connectivity index (χ1n) is 4.89. The van der Waals surface area contributed by atoms with Crippen LogP contribution >= 0.6 is 0 Å². The molecule has 1 atom stereocenters. The third kappa shape index (κ3) is 9.17. The number of aliphatic hydroxyl groups is 1. The van der Waals surface area contributed by atoms with Crippen LogP contribution in [0.4, 0.5) is 0 Å². The summed E-state index contributed by atoms with van der Waals surface area (Å²) in [6, 6.07) is 0. The van der Waals surface area contributed by atoms with Gasteiger partial charge in [-0.3, -0.25) is 14.5 Å². The fourth-order valence-corrected chi connectivity index (χ4v) is 1.20. The van der Waals surface area contributed by atoms with Crippen molar-refractivity contribution < 1.29 is 14.7 Å². The highest BCUT2D eigenvalue weighted by Crippen LogP contribution is 1.96. The first-order chi connectivity index (χ1) is 6.91. The molecule has 15 heavy (non-hydrogen) atoms. The van der Waals surface area contributed by atoms with Crippen molar-refractivity contribution in [3.8, 4) is 0 Å². The number of carbonyl (C=O) groups is 2. The van der Waals surface area contributed by atoms with Gasteiger partial charge < -0.3 is 16.6 Å². The minimum Gasteiger partial charge on any atom is -0.392 e. The molecular formula is C9H19N3O3. The molecule has 0 aromatic carbocycles. The molecule has 6 nitrogen and oxygen atoms in total. The smallest absolute Gasteiger partial charge is 0.218 e. The predicted molar refractivity (Wildman–Crippen MR) is 55.7 cm³/mol. The van der Waals surface area contributed by atoms with Crippen LogP contribution in [-0.2, 0) is 9.59 Å². The Morgan fingerprint density at radius 3 is 1.87 bits per heavy atom. The summed E-state index contributed by atoms with van der Waals surface area (Å²) < 4.78 is 0. The molecule has 0 fully saturated rings. The number of carbonyl (C=O) groups excluding carboxylic acids is 2. The number of primary amides is 2. The van der Waals surface area contributed by atoms with E-state index in [1.807, 2.05) is 0 Å². The number of aliphatic hydroxyl groups excluding tert-OH is 1. The van der Waals surface area contributed by atoms with Crippen LogP contribution in [0.5, 0.6) is 0 Å². The van der Waals surface area contributed by atoms with Crippen molar-refractivity contribution in [2.45, 2.75) is 25.9 Å². The topological polar surface area (TPSA) is 110 Å². The lowest BCUT2D eigenvalue weighted by Crippen LogP contribution is -2.36. The summed E-state index contributed by atoms with van der Waals surface area (Å²) in [6.07, 6.45) is -0.0810. The molecule has 6 heteroatoms. The molecule has 0 unspecified atom stereocenters. The van der Waals surface area contributed by atoms with Crippen LogP contribution in [0.25, 0.3) is 0 Å². The Balaban J connectivity index is 3.94. The summed E-state index contributed by atoms with van der Waals surface area (Å²) >= 11 is 0. The maximum Gasteiger partial charge on any atom is 0.218 e. The Kier molecular flexibility index (Phi) is 6.64. The maximum atomic E-state index is 10.6. The van der Waals surface area contributed by atoms with Crippen molar-refractivity contribution in [1.82, 2.24) is 4.90 Å². The van der Waals surface area contributed by atoms with Crippen LogP contribution in [0.2, 0.25) is 0 Å². The van der Waals surface area contributed by atoms with Crippen molar-refractivity contribution in [2.75, 3.05) is 19.6 Å². The molecule has 5 N–H and O–H groups in total. The molecule has 0 heterocycles. The predicted octanol–water partition coefficient (Wildman–Crippen LogP) is -1.58. The van der Waals surface area contributed by atoms with Crippen molar-refractivity contribution in [3.63, 3.8) is 0 Å². The molecule has 0 aromatic heterocycles. The number of amides is 2. The number of rotatable bonds is 8. The fraction of sp³-hybridized carbons (Fsp3) is 0.778. The van der Waals surface area contributed by atoms with E-state index in [1.54, 1.807) is 11.8 Å². The van der Waals surface area contributed by atoms with Crippen molar-refractivity contribution in [3.05, 3.63) is 0 Å². The third-order valence-electron chi connectivity index (χ3n) is 1.87. The molecule has 0 spiro atoms. The van der Waals surface area contributed by atoms with Crippen LogP contribution in [0.15, 0.2) is 0 Å². The van der Waals surface area contributed by atoms with E-state index < -0.39 is 17.9 Å². The van der Waals surface area contributed by atoms with Gasteiger partial charge in [0, 0.05) is 32.5 Å². The van der Waals surface area contributed by atoms with Gasteiger partial charge >= 0.3 is 0 Å². The zero-order valence-electron chi connectivity index (χ0n) is 8.98. The Bertz CT molecular complexity index is 201. The molecular weight excluding hydrogens is 198 g/mol. The number of hydrogen-bond acceptors (Lipinski definition) is 4. The molecule has 0 aliphatic carbocycles. The Hall–Kier alpha value is -1.14. The molecule has 88 valence electrons. The maximum absolute atomic E-state index is 10.6. The second-order valence-corrected chi connectivity index (χ2v) is 3.58. The molecule has 0 saturated carbocycles. The summed E-state index contributed by atoms with van der Waals surface area (Å²) in [5.74, 6) is -0.797. The van der Waals surface area contributed by atoms with Crippen LogP contribution in [-0.4, -0.2) is 47.6 Å². The standard InChI is InChI=1S/C9H19N3O3/c1-7(13)6-12(4-2-8(10)14)5-3-9(11)15/h7,13H,2-6H2,1H3,(H2,10,14)(H2,11,15)/t7-/m1/s1. The molecule has 0 aliphatic rings. The van der Waals surface area contributed by atoms with Gasteiger partial charge in [0.1, 0.15) is 0 Å². The quantitative estimate of drug-likeness (QED) is 0.455. The fourth-order valence-electron chi connectivity index (χ4n) is 1.20. The van der Waals surface area contributed by atoms with E-state index in [1.165, 1.54) is 0 Å². The van der Waals surface area contributed by atoms with Gasteiger partial charge in [0.2, 0.25) is 11.8 Å². The van der Waals surface area contributed by atoms with E-state index in [4.69, 9.17) is 11.5 Å². The first kappa shape index (κ1) is 13.9. The summed E-state index contributed by atoms with van der Waals surface area (Å²) in [5, 5.41) is 9.18. The van der Waals surface area contributed by atoms with Crippen molar-refractivity contribution in [2.24, 2.45) is 11.5 Å². The second kappa shape index (κ2) is 7.19. The monoisotopic (exact) mass is 217 g/mol. The lowest BCUT2D eigenvalue weighted by atomic mass is 10.3. The minimum absolute atomic E-state index is 0.214. The normalized spacial score (nSPS) is 12.7. The van der Waals surface area contributed by atoms with Crippen molar-refractivity contribution >= 4 is 11.8 Å². The molecule has 0 saturated heterocycles. The molecule has 0 rings (SSSR count). The van der Waals surface area contributed by atoms with E-state index in [0.29, 0.717) is 19.6 Å². The molecule has 0 radical (unpaired) electrons. The Labute approximate surface area is 89.2 Å². The van der Waals surface area contributed by atoms with Gasteiger partial charge in [-0.05, 0) is 6.92 Å². The second-order valence-electron chi connectivity index (χ2n) is 3.58. The van der Waals surface area contributed by atoms with Gasteiger partial charge in [0.15, 0.2) is 0 Å². The highest BCUT2D eigenvalue weighted by Gasteiger charge is 2.10. The molecule has 0 bridgehead atoms. The van der Waals surface area contributed by atoms with Gasteiger partial charge in [-0.1, -0.05) is 0 Å². The van der Waals surface area contributed by atoms with Crippen LogP contribution in [0, 0.1) is 0 Å². The zero-order chi connectivity index (χ0) is 11.8. The van der Waals surface area contributed by atoms with Gasteiger partial charge in [0.25, 0.3) is 0 Å².